The molecule has 0 saturated carbocycles. The van der Waals surface area contributed by atoms with E-state index in [1.165, 1.54) is 12.1 Å². The number of piperidine rings is 1. The number of carbonyl (C=O) groups is 2. The number of para-hydroxylation sites is 1. The molecule has 1 fully saturated rings. The normalized spacial score (nSPS) is 17.2. The quantitative estimate of drug-likeness (QED) is 0.738. The van der Waals surface area contributed by atoms with E-state index in [0.29, 0.717) is 17.9 Å². The van der Waals surface area contributed by atoms with Crippen LogP contribution >= 0.6 is 0 Å². The fourth-order valence-corrected chi connectivity index (χ4v) is 3.83. The molecule has 0 radical (unpaired) electrons. The molecule has 2 N–H and O–H groups in total. The largest absolute Gasteiger partial charge is 0.478 e. The van der Waals surface area contributed by atoms with Crippen LogP contribution in [0.2, 0.25) is 0 Å². The number of benzene rings is 1. The Hall–Kier alpha value is -3.15. The number of pyridine rings is 1. The molecule has 1 aromatic carbocycles. The third-order valence-electron chi connectivity index (χ3n) is 5.21. The highest BCUT2D eigenvalue weighted by Crippen LogP contribution is 2.33. The van der Waals surface area contributed by atoms with Gasteiger partial charge in [0.2, 0.25) is 0 Å². The molecule has 1 aliphatic rings. The van der Waals surface area contributed by atoms with Crippen molar-refractivity contribution in [2.45, 2.75) is 32.2 Å². The van der Waals surface area contributed by atoms with Crippen LogP contribution in [0.15, 0.2) is 42.5 Å². The van der Waals surface area contributed by atoms with Gasteiger partial charge in [-0.3, -0.25) is 4.79 Å². The van der Waals surface area contributed by atoms with Gasteiger partial charge in [-0.05, 0) is 55.8 Å². The standard InChI is InChI=1S/C21H21N3O3/c1-13-15(21(26)27)9-10-17(22-13)20(25)24-11-5-4-8-19(24)18-12-14-6-2-3-7-16(14)23-18/h2-3,6-7,9-10,12,19,23H,4-5,8,11H2,1H3,(H,26,27). The number of nitrogens with one attached hydrogen (secondary N) is 1. The summed E-state index contributed by atoms with van der Waals surface area (Å²) in [6.07, 6.45) is 2.91. The summed E-state index contributed by atoms with van der Waals surface area (Å²) < 4.78 is 0. The predicted octanol–water partition coefficient (Wildman–Crippen LogP) is 3.94. The second-order valence-corrected chi connectivity index (χ2v) is 6.96. The van der Waals surface area contributed by atoms with Gasteiger partial charge in [0.1, 0.15) is 5.69 Å². The molecule has 27 heavy (non-hydrogen) atoms. The lowest BCUT2D eigenvalue weighted by molar-refractivity contribution is 0.0598. The number of fused-ring (bicyclic) bond motifs is 1. The Morgan fingerprint density at radius 3 is 2.74 bits per heavy atom. The Bertz CT molecular complexity index is 991. The van der Waals surface area contributed by atoms with Crippen LogP contribution in [0, 0.1) is 6.92 Å². The van der Waals surface area contributed by atoms with E-state index in [4.69, 9.17) is 5.11 Å². The van der Waals surface area contributed by atoms with Crippen molar-refractivity contribution in [3.05, 3.63) is 65.1 Å². The number of aromatic amines is 1. The number of hydrogen-bond acceptors (Lipinski definition) is 3. The number of aromatic nitrogens is 2. The molecule has 2 aromatic heterocycles. The molecule has 4 rings (SSSR count). The zero-order chi connectivity index (χ0) is 19.0. The van der Waals surface area contributed by atoms with Crippen LogP contribution in [0.3, 0.4) is 0 Å². The second-order valence-electron chi connectivity index (χ2n) is 6.96. The number of rotatable bonds is 3. The number of nitrogens with zero attached hydrogens (tertiary/aromatic N) is 2. The van der Waals surface area contributed by atoms with Gasteiger partial charge in [0.05, 0.1) is 17.3 Å². The minimum Gasteiger partial charge on any atom is -0.478 e. The fraction of sp³-hybridized carbons (Fsp3) is 0.286. The van der Waals surface area contributed by atoms with Crippen molar-refractivity contribution >= 4 is 22.8 Å². The van der Waals surface area contributed by atoms with Crippen LogP contribution < -0.4 is 0 Å². The summed E-state index contributed by atoms with van der Waals surface area (Å²) >= 11 is 0. The maximum atomic E-state index is 13.1. The molecule has 138 valence electrons. The Kier molecular flexibility index (Phi) is 4.39. The smallest absolute Gasteiger partial charge is 0.337 e. The third-order valence-corrected chi connectivity index (χ3v) is 5.21. The minimum atomic E-state index is -1.03. The van der Waals surface area contributed by atoms with Crippen LogP contribution in [-0.4, -0.2) is 38.4 Å². The molecule has 3 aromatic rings. The highest BCUT2D eigenvalue weighted by molar-refractivity contribution is 5.95. The molecule has 6 heteroatoms. The molecule has 3 heterocycles. The molecule has 1 amide bonds. The van der Waals surface area contributed by atoms with E-state index in [0.717, 1.165) is 35.9 Å². The van der Waals surface area contributed by atoms with Crippen molar-refractivity contribution in [3.63, 3.8) is 0 Å². The molecule has 1 unspecified atom stereocenters. The van der Waals surface area contributed by atoms with Crippen LogP contribution in [0.5, 0.6) is 0 Å². The van der Waals surface area contributed by atoms with Gasteiger partial charge in [0.25, 0.3) is 5.91 Å². The van der Waals surface area contributed by atoms with E-state index >= 15 is 0 Å². The summed E-state index contributed by atoms with van der Waals surface area (Å²) in [5.74, 6) is -1.19. The first-order chi connectivity index (χ1) is 13.0. The molecule has 0 bridgehead atoms. The van der Waals surface area contributed by atoms with Gasteiger partial charge < -0.3 is 15.0 Å². The Balaban J connectivity index is 1.66. The first-order valence-corrected chi connectivity index (χ1v) is 9.14. The van der Waals surface area contributed by atoms with Gasteiger partial charge in [-0.25, -0.2) is 9.78 Å². The number of H-pyrrole nitrogens is 1. The molecule has 1 atom stereocenters. The van der Waals surface area contributed by atoms with Gasteiger partial charge in [-0.15, -0.1) is 0 Å². The average molecular weight is 363 g/mol. The number of aromatic carboxylic acids is 1. The van der Waals surface area contributed by atoms with Crippen molar-refractivity contribution in [2.24, 2.45) is 0 Å². The van der Waals surface area contributed by atoms with Crippen molar-refractivity contribution in [2.75, 3.05) is 6.54 Å². The van der Waals surface area contributed by atoms with Gasteiger partial charge in [0.15, 0.2) is 0 Å². The molecule has 0 spiro atoms. The molecular formula is C21H21N3O3. The SMILES string of the molecule is Cc1nc(C(=O)N2CCCCC2c2cc3ccccc3[nH]2)ccc1C(=O)O. The van der Waals surface area contributed by atoms with Gasteiger partial charge >= 0.3 is 5.97 Å². The number of carbonyl (C=O) groups excluding carboxylic acids is 1. The van der Waals surface area contributed by atoms with Crippen LogP contribution in [0.4, 0.5) is 0 Å². The van der Waals surface area contributed by atoms with Crippen molar-refractivity contribution < 1.29 is 14.7 Å². The minimum absolute atomic E-state index is 0.0279. The summed E-state index contributed by atoms with van der Waals surface area (Å²) in [4.78, 5) is 33.9. The van der Waals surface area contributed by atoms with E-state index < -0.39 is 5.97 Å². The van der Waals surface area contributed by atoms with Crippen LogP contribution in [-0.2, 0) is 0 Å². The predicted molar refractivity (Wildman–Crippen MR) is 102 cm³/mol. The number of hydrogen-bond donors (Lipinski definition) is 2. The Morgan fingerprint density at radius 2 is 2.00 bits per heavy atom. The second kappa shape index (κ2) is 6.87. The fourth-order valence-electron chi connectivity index (χ4n) is 3.83. The van der Waals surface area contributed by atoms with Crippen molar-refractivity contribution in [1.82, 2.24) is 14.9 Å². The zero-order valence-electron chi connectivity index (χ0n) is 15.1. The first-order valence-electron chi connectivity index (χ1n) is 9.14. The van der Waals surface area contributed by atoms with Crippen molar-refractivity contribution in [3.8, 4) is 0 Å². The van der Waals surface area contributed by atoms with Gasteiger partial charge in [0, 0.05) is 17.8 Å². The maximum absolute atomic E-state index is 13.1. The lowest BCUT2D eigenvalue weighted by atomic mass is 9.98. The van der Waals surface area contributed by atoms with Gasteiger partial charge in [-0.1, -0.05) is 18.2 Å². The van der Waals surface area contributed by atoms with Crippen molar-refractivity contribution in [1.29, 1.82) is 0 Å². The molecule has 6 nitrogen and oxygen atoms in total. The molecule has 1 aliphatic heterocycles. The molecule has 0 aliphatic carbocycles. The topological polar surface area (TPSA) is 86.3 Å². The van der Waals surface area contributed by atoms with E-state index in [1.807, 2.05) is 23.1 Å². The number of likely N-dealkylation sites (tertiary alicyclic amines) is 1. The lowest BCUT2D eigenvalue weighted by Gasteiger charge is -2.35. The zero-order valence-corrected chi connectivity index (χ0v) is 15.1. The lowest BCUT2D eigenvalue weighted by Crippen LogP contribution is -2.39. The average Bonchev–Trinajstić information content (AvgIpc) is 3.11. The maximum Gasteiger partial charge on any atom is 0.337 e. The van der Waals surface area contributed by atoms with Crippen LogP contribution in [0.1, 0.15) is 57.5 Å². The van der Waals surface area contributed by atoms with E-state index in [-0.39, 0.29) is 17.5 Å². The summed E-state index contributed by atoms with van der Waals surface area (Å²) in [5, 5.41) is 10.3. The van der Waals surface area contributed by atoms with E-state index in [9.17, 15) is 9.59 Å². The number of amides is 1. The van der Waals surface area contributed by atoms with Crippen LogP contribution in [0.25, 0.3) is 10.9 Å². The molecule has 1 saturated heterocycles. The van der Waals surface area contributed by atoms with E-state index in [1.54, 1.807) is 6.92 Å². The number of aryl methyl sites for hydroxylation is 1. The summed E-state index contributed by atoms with van der Waals surface area (Å²) in [7, 11) is 0. The Labute approximate surface area is 156 Å². The Morgan fingerprint density at radius 1 is 1.19 bits per heavy atom. The monoisotopic (exact) mass is 363 g/mol. The summed E-state index contributed by atoms with van der Waals surface area (Å²) in [6.45, 7) is 2.28. The highest BCUT2D eigenvalue weighted by atomic mass is 16.4. The number of carboxylic acids is 1. The highest BCUT2D eigenvalue weighted by Gasteiger charge is 2.30. The molecular weight excluding hydrogens is 342 g/mol. The van der Waals surface area contributed by atoms with E-state index in [2.05, 4.69) is 22.1 Å². The first kappa shape index (κ1) is 17.3. The summed E-state index contributed by atoms with van der Waals surface area (Å²) in [6, 6.07) is 13.1. The number of carboxylic acid groups (broad SMARTS) is 1. The van der Waals surface area contributed by atoms with Gasteiger partial charge in [-0.2, -0.15) is 0 Å². The summed E-state index contributed by atoms with van der Waals surface area (Å²) in [5.41, 5.74) is 2.86. The third kappa shape index (κ3) is 3.18.